The molecule has 2 rings (SSSR count). The quantitative estimate of drug-likeness (QED) is 0.645. The van der Waals surface area contributed by atoms with Crippen LogP contribution < -0.4 is 0 Å². The van der Waals surface area contributed by atoms with Gasteiger partial charge in [-0.25, -0.2) is 4.98 Å². The van der Waals surface area contributed by atoms with E-state index < -0.39 is 0 Å². The van der Waals surface area contributed by atoms with Gasteiger partial charge in [0.15, 0.2) is 0 Å². The van der Waals surface area contributed by atoms with Crippen molar-refractivity contribution in [3.8, 4) is 0 Å². The molecule has 8 heteroatoms. The van der Waals surface area contributed by atoms with Crippen molar-refractivity contribution >= 4 is 23.6 Å². The van der Waals surface area contributed by atoms with Crippen molar-refractivity contribution < 1.29 is 14.1 Å². The predicted octanol–water partition coefficient (Wildman–Crippen LogP) is 2.92. The summed E-state index contributed by atoms with van der Waals surface area (Å²) in [6.45, 7) is 8.91. The van der Waals surface area contributed by atoms with E-state index in [0.29, 0.717) is 29.4 Å². The minimum Gasteiger partial charge on any atom is -0.361 e. The first-order chi connectivity index (χ1) is 12.9. The molecule has 2 aromatic heterocycles. The molecule has 0 unspecified atom stereocenters. The molecule has 0 N–H and O–H groups in total. The van der Waals surface area contributed by atoms with Gasteiger partial charge in [-0.2, -0.15) is 0 Å². The first-order valence-corrected chi connectivity index (χ1v) is 9.90. The summed E-state index contributed by atoms with van der Waals surface area (Å²) in [6, 6.07) is 3.47. The molecule has 0 fully saturated rings. The van der Waals surface area contributed by atoms with Gasteiger partial charge in [-0.05, 0) is 39.8 Å². The molecule has 0 aliphatic carbocycles. The van der Waals surface area contributed by atoms with Gasteiger partial charge in [0.05, 0.1) is 17.8 Å². The fourth-order valence-corrected chi connectivity index (χ4v) is 3.81. The van der Waals surface area contributed by atoms with Crippen LogP contribution in [0.25, 0.3) is 0 Å². The van der Waals surface area contributed by atoms with Gasteiger partial charge in [-0.3, -0.25) is 9.59 Å². The van der Waals surface area contributed by atoms with E-state index in [2.05, 4.69) is 10.1 Å². The molecule has 0 atom stereocenters. The highest BCUT2D eigenvalue weighted by molar-refractivity contribution is 7.98. The molecule has 0 aromatic carbocycles. The van der Waals surface area contributed by atoms with E-state index in [1.165, 1.54) is 16.7 Å². The monoisotopic (exact) mass is 390 g/mol. The summed E-state index contributed by atoms with van der Waals surface area (Å²) in [4.78, 5) is 32.7. The summed E-state index contributed by atoms with van der Waals surface area (Å²) >= 11 is 1.46. The number of pyridine rings is 1. The molecule has 0 aliphatic rings. The fraction of sp³-hybridized carbons (Fsp3) is 0.474. The van der Waals surface area contributed by atoms with Crippen LogP contribution in [0.3, 0.4) is 0 Å². The minimum absolute atomic E-state index is 0.0450. The number of amides is 2. The second kappa shape index (κ2) is 9.55. The Morgan fingerprint density at radius 2 is 1.93 bits per heavy atom. The molecular weight excluding hydrogens is 364 g/mol. The average molecular weight is 391 g/mol. The van der Waals surface area contributed by atoms with Gasteiger partial charge in [-0.15, -0.1) is 11.8 Å². The van der Waals surface area contributed by atoms with Gasteiger partial charge in [0, 0.05) is 37.7 Å². The van der Waals surface area contributed by atoms with Gasteiger partial charge in [-0.1, -0.05) is 5.16 Å². The van der Waals surface area contributed by atoms with Crippen LogP contribution in [0.2, 0.25) is 0 Å². The number of likely N-dealkylation sites (N-methyl/N-ethyl adjacent to an activating group) is 2. The Balaban J connectivity index is 2.11. The molecule has 146 valence electrons. The third-order valence-corrected chi connectivity index (χ3v) is 5.40. The number of aromatic nitrogens is 2. The van der Waals surface area contributed by atoms with Crippen molar-refractivity contribution in [2.45, 2.75) is 38.5 Å². The summed E-state index contributed by atoms with van der Waals surface area (Å²) < 4.78 is 5.19. The maximum absolute atomic E-state index is 12.9. The fourth-order valence-electron chi connectivity index (χ4n) is 2.67. The van der Waals surface area contributed by atoms with Gasteiger partial charge in [0.25, 0.3) is 5.91 Å². The molecule has 0 bridgehead atoms. The Bertz CT molecular complexity index is 783. The maximum atomic E-state index is 12.9. The molecule has 0 saturated heterocycles. The second-order valence-electron chi connectivity index (χ2n) is 6.17. The van der Waals surface area contributed by atoms with Crippen molar-refractivity contribution in [2.24, 2.45) is 0 Å². The lowest BCUT2D eigenvalue weighted by Crippen LogP contribution is -2.41. The molecular formula is C19H26N4O3S. The van der Waals surface area contributed by atoms with Crippen molar-refractivity contribution in [1.82, 2.24) is 19.9 Å². The number of aryl methyl sites for hydroxylation is 2. The lowest BCUT2D eigenvalue weighted by atomic mass is 10.2. The molecule has 2 heterocycles. The van der Waals surface area contributed by atoms with Crippen LogP contribution in [0.4, 0.5) is 0 Å². The predicted molar refractivity (Wildman–Crippen MR) is 105 cm³/mol. The largest absolute Gasteiger partial charge is 0.361 e. The Labute approximate surface area is 164 Å². The minimum atomic E-state index is -0.218. The van der Waals surface area contributed by atoms with E-state index in [0.717, 1.165) is 17.0 Å². The van der Waals surface area contributed by atoms with Gasteiger partial charge >= 0.3 is 0 Å². The first-order valence-electron chi connectivity index (χ1n) is 8.91. The zero-order valence-electron chi connectivity index (χ0n) is 16.5. The highest BCUT2D eigenvalue weighted by Crippen LogP contribution is 2.27. The molecule has 0 aliphatic heterocycles. The Morgan fingerprint density at radius 1 is 1.22 bits per heavy atom. The van der Waals surface area contributed by atoms with E-state index in [-0.39, 0.29) is 18.4 Å². The normalized spacial score (nSPS) is 10.7. The number of rotatable bonds is 8. The van der Waals surface area contributed by atoms with Crippen LogP contribution in [-0.4, -0.2) is 58.4 Å². The van der Waals surface area contributed by atoms with Crippen molar-refractivity contribution in [1.29, 1.82) is 0 Å². The lowest BCUT2D eigenvalue weighted by molar-refractivity contribution is -0.131. The Hall–Kier alpha value is -2.35. The number of nitrogens with zero attached hydrogens (tertiary/aromatic N) is 4. The van der Waals surface area contributed by atoms with Crippen molar-refractivity contribution in [2.75, 3.05) is 26.7 Å². The topological polar surface area (TPSA) is 79.5 Å². The molecule has 0 spiro atoms. The highest BCUT2D eigenvalue weighted by Gasteiger charge is 2.21. The Kier molecular flexibility index (Phi) is 7.41. The SMILES string of the molecule is CCN(CC)C(=O)CN(C)C(=O)c1cccnc1SCc1c(C)noc1C. The van der Waals surface area contributed by atoms with Gasteiger partial charge in [0.2, 0.25) is 5.91 Å². The number of hydrogen-bond acceptors (Lipinski definition) is 6. The third-order valence-electron chi connectivity index (χ3n) is 4.37. The summed E-state index contributed by atoms with van der Waals surface area (Å²) in [5.41, 5.74) is 2.34. The van der Waals surface area contributed by atoms with E-state index >= 15 is 0 Å². The molecule has 0 radical (unpaired) electrons. The van der Waals surface area contributed by atoms with Crippen LogP contribution >= 0.6 is 11.8 Å². The zero-order chi connectivity index (χ0) is 20.0. The van der Waals surface area contributed by atoms with Crippen LogP contribution in [0.5, 0.6) is 0 Å². The number of carbonyl (C=O) groups excluding carboxylic acids is 2. The van der Waals surface area contributed by atoms with Crippen molar-refractivity contribution in [3.05, 3.63) is 40.9 Å². The molecule has 2 aromatic rings. The number of thioether (sulfide) groups is 1. The zero-order valence-corrected chi connectivity index (χ0v) is 17.3. The smallest absolute Gasteiger partial charge is 0.256 e. The van der Waals surface area contributed by atoms with Crippen molar-refractivity contribution in [3.63, 3.8) is 0 Å². The van der Waals surface area contributed by atoms with Gasteiger partial charge < -0.3 is 14.3 Å². The summed E-state index contributed by atoms with van der Waals surface area (Å²) in [6.07, 6.45) is 1.66. The molecule has 7 nitrogen and oxygen atoms in total. The van der Waals surface area contributed by atoms with E-state index in [9.17, 15) is 9.59 Å². The van der Waals surface area contributed by atoms with E-state index in [1.807, 2.05) is 27.7 Å². The number of hydrogen-bond donors (Lipinski definition) is 0. The van der Waals surface area contributed by atoms with Crippen LogP contribution in [0.15, 0.2) is 27.9 Å². The molecule has 27 heavy (non-hydrogen) atoms. The summed E-state index contributed by atoms with van der Waals surface area (Å²) in [5.74, 6) is 1.10. The second-order valence-corrected chi connectivity index (χ2v) is 7.14. The van der Waals surface area contributed by atoms with Crippen LogP contribution in [0.1, 0.15) is 41.2 Å². The summed E-state index contributed by atoms with van der Waals surface area (Å²) in [5, 5.41) is 4.58. The van der Waals surface area contributed by atoms with E-state index in [1.54, 1.807) is 30.3 Å². The maximum Gasteiger partial charge on any atom is 0.256 e. The Morgan fingerprint density at radius 3 is 2.52 bits per heavy atom. The standard InChI is InChI=1S/C19H26N4O3S/c1-6-23(7-2)17(24)11-22(5)19(25)15-9-8-10-20-18(15)27-12-16-13(3)21-26-14(16)4/h8-10H,6-7,11-12H2,1-5H3. The van der Waals surface area contributed by atoms with Gasteiger partial charge in [0.1, 0.15) is 10.8 Å². The first kappa shape index (κ1) is 21.0. The van der Waals surface area contributed by atoms with Crippen LogP contribution in [-0.2, 0) is 10.5 Å². The average Bonchev–Trinajstić information content (AvgIpc) is 2.98. The highest BCUT2D eigenvalue weighted by atomic mass is 32.2. The summed E-state index contributed by atoms with van der Waals surface area (Å²) in [7, 11) is 1.64. The van der Waals surface area contributed by atoms with Crippen LogP contribution in [0, 0.1) is 13.8 Å². The number of carbonyl (C=O) groups is 2. The van der Waals surface area contributed by atoms with E-state index in [4.69, 9.17) is 4.52 Å². The molecule has 0 saturated carbocycles. The third kappa shape index (κ3) is 5.09. The lowest BCUT2D eigenvalue weighted by Gasteiger charge is -2.23. The molecule has 2 amide bonds.